The molecular weight excluding hydrogens is 368 g/mol. The van der Waals surface area contributed by atoms with Gasteiger partial charge in [-0.3, -0.25) is 4.90 Å². The zero-order chi connectivity index (χ0) is 19.3. The van der Waals surface area contributed by atoms with Crippen molar-refractivity contribution in [2.75, 3.05) is 26.7 Å². The van der Waals surface area contributed by atoms with E-state index in [0.717, 1.165) is 31.7 Å². The Bertz CT molecular complexity index is 841. The SMILES string of the molecule is COC(=O)c1ccc(S(=O)(=O)NC[C@H](c2ccco2)N2CCCCC2)cc1. The number of benzene rings is 1. The Morgan fingerprint density at radius 3 is 2.48 bits per heavy atom. The van der Waals surface area contributed by atoms with Crippen LogP contribution in [0.2, 0.25) is 0 Å². The Labute approximate surface area is 159 Å². The van der Waals surface area contributed by atoms with Crippen LogP contribution < -0.4 is 4.72 Å². The first kappa shape index (κ1) is 19.6. The van der Waals surface area contributed by atoms with E-state index in [-0.39, 0.29) is 17.5 Å². The summed E-state index contributed by atoms with van der Waals surface area (Å²) in [5.74, 6) is 0.246. The maximum absolute atomic E-state index is 12.7. The number of hydrogen-bond acceptors (Lipinski definition) is 6. The minimum atomic E-state index is -3.70. The highest BCUT2D eigenvalue weighted by Gasteiger charge is 2.26. The average Bonchev–Trinajstić information content (AvgIpc) is 3.23. The van der Waals surface area contributed by atoms with Crippen molar-refractivity contribution in [1.29, 1.82) is 0 Å². The molecule has 0 spiro atoms. The minimum Gasteiger partial charge on any atom is -0.468 e. The van der Waals surface area contributed by atoms with E-state index >= 15 is 0 Å². The van der Waals surface area contributed by atoms with Crippen molar-refractivity contribution in [3.63, 3.8) is 0 Å². The molecule has 1 aliphatic heterocycles. The molecule has 1 aromatic carbocycles. The first-order valence-electron chi connectivity index (χ1n) is 8.97. The average molecular weight is 392 g/mol. The molecule has 8 heteroatoms. The molecule has 27 heavy (non-hydrogen) atoms. The lowest BCUT2D eigenvalue weighted by Gasteiger charge is -2.33. The molecule has 1 aromatic heterocycles. The lowest BCUT2D eigenvalue weighted by molar-refractivity contribution is 0.0600. The maximum atomic E-state index is 12.7. The van der Waals surface area contributed by atoms with E-state index in [4.69, 9.17) is 4.42 Å². The number of carbonyl (C=O) groups excluding carboxylic acids is 1. The summed E-state index contributed by atoms with van der Waals surface area (Å²) < 4.78 is 38.2. The summed E-state index contributed by atoms with van der Waals surface area (Å²) in [5.41, 5.74) is 0.304. The van der Waals surface area contributed by atoms with Gasteiger partial charge in [0.2, 0.25) is 10.0 Å². The third kappa shape index (κ3) is 4.77. The number of likely N-dealkylation sites (tertiary alicyclic amines) is 1. The van der Waals surface area contributed by atoms with Crippen LogP contribution >= 0.6 is 0 Å². The smallest absolute Gasteiger partial charge is 0.337 e. The van der Waals surface area contributed by atoms with Crippen molar-refractivity contribution < 1.29 is 22.4 Å². The van der Waals surface area contributed by atoms with E-state index in [9.17, 15) is 13.2 Å². The molecule has 2 heterocycles. The van der Waals surface area contributed by atoms with E-state index in [1.165, 1.54) is 37.8 Å². The van der Waals surface area contributed by atoms with Gasteiger partial charge in [0.1, 0.15) is 5.76 Å². The highest BCUT2D eigenvalue weighted by Crippen LogP contribution is 2.25. The van der Waals surface area contributed by atoms with Gasteiger partial charge in [0.15, 0.2) is 0 Å². The largest absolute Gasteiger partial charge is 0.468 e. The number of sulfonamides is 1. The summed E-state index contributed by atoms with van der Waals surface area (Å²) in [4.78, 5) is 13.9. The Hall–Kier alpha value is -2.16. The van der Waals surface area contributed by atoms with E-state index in [1.807, 2.05) is 12.1 Å². The number of furan rings is 1. The van der Waals surface area contributed by atoms with Crippen molar-refractivity contribution in [3.05, 3.63) is 54.0 Å². The topological polar surface area (TPSA) is 88.8 Å². The molecule has 1 atom stereocenters. The highest BCUT2D eigenvalue weighted by molar-refractivity contribution is 7.89. The van der Waals surface area contributed by atoms with E-state index in [1.54, 1.807) is 6.26 Å². The minimum absolute atomic E-state index is 0.104. The maximum Gasteiger partial charge on any atom is 0.337 e. The van der Waals surface area contributed by atoms with Gasteiger partial charge in [0.25, 0.3) is 0 Å². The zero-order valence-corrected chi connectivity index (χ0v) is 16.1. The molecular formula is C19H24N2O5S. The lowest BCUT2D eigenvalue weighted by Crippen LogP contribution is -2.40. The van der Waals surface area contributed by atoms with Gasteiger partial charge in [0.05, 0.1) is 29.9 Å². The van der Waals surface area contributed by atoms with Crippen LogP contribution in [-0.4, -0.2) is 46.0 Å². The predicted molar refractivity (Wildman–Crippen MR) is 99.8 cm³/mol. The highest BCUT2D eigenvalue weighted by atomic mass is 32.2. The van der Waals surface area contributed by atoms with Gasteiger partial charge in [0, 0.05) is 6.54 Å². The Morgan fingerprint density at radius 2 is 1.89 bits per heavy atom. The van der Waals surface area contributed by atoms with Crippen molar-refractivity contribution in [1.82, 2.24) is 9.62 Å². The number of hydrogen-bond donors (Lipinski definition) is 1. The van der Waals surface area contributed by atoms with E-state index < -0.39 is 16.0 Å². The fourth-order valence-electron chi connectivity index (χ4n) is 3.28. The standard InChI is InChI=1S/C19H24N2O5S/c1-25-19(22)15-7-9-16(10-8-15)27(23,24)20-14-17(18-6-5-13-26-18)21-11-3-2-4-12-21/h5-10,13,17,20H,2-4,11-12,14H2,1H3/t17-/m1/s1. The second-order valence-corrected chi connectivity index (χ2v) is 8.26. The molecule has 0 amide bonds. The molecule has 0 saturated carbocycles. The number of carbonyl (C=O) groups is 1. The molecule has 1 aliphatic rings. The molecule has 0 bridgehead atoms. The van der Waals surface area contributed by atoms with Gasteiger partial charge >= 0.3 is 5.97 Å². The summed E-state index contributed by atoms with van der Waals surface area (Å²) in [6.45, 7) is 2.05. The first-order chi connectivity index (χ1) is 13.0. The number of rotatable bonds is 7. The predicted octanol–water partition coefficient (Wildman–Crippen LogP) is 2.57. The van der Waals surface area contributed by atoms with Gasteiger partial charge in [-0.1, -0.05) is 6.42 Å². The van der Waals surface area contributed by atoms with Gasteiger partial charge in [-0.2, -0.15) is 0 Å². The molecule has 0 aliphatic carbocycles. The third-order valence-corrected chi connectivity index (χ3v) is 6.19. The van der Waals surface area contributed by atoms with E-state index in [0.29, 0.717) is 5.56 Å². The summed E-state index contributed by atoms with van der Waals surface area (Å²) in [7, 11) is -2.42. The van der Waals surface area contributed by atoms with Crippen LogP contribution in [0.4, 0.5) is 0 Å². The summed E-state index contributed by atoms with van der Waals surface area (Å²) in [6.07, 6.45) is 4.99. The van der Waals surface area contributed by atoms with Crippen molar-refractivity contribution >= 4 is 16.0 Å². The lowest BCUT2D eigenvalue weighted by atomic mass is 10.1. The molecule has 7 nitrogen and oxygen atoms in total. The molecule has 2 aromatic rings. The van der Waals surface area contributed by atoms with Crippen LogP contribution in [0.3, 0.4) is 0 Å². The van der Waals surface area contributed by atoms with Crippen molar-refractivity contribution in [3.8, 4) is 0 Å². The number of esters is 1. The van der Waals surface area contributed by atoms with Gasteiger partial charge < -0.3 is 9.15 Å². The number of piperidine rings is 1. The fraction of sp³-hybridized carbons (Fsp3) is 0.421. The van der Waals surface area contributed by atoms with Gasteiger partial charge in [-0.15, -0.1) is 0 Å². The van der Waals surface area contributed by atoms with Gasteiger partial charge in [-0.25, -0.2) is 17.9 Å². The van der Waals surface area contributed by atoms with Crippen LogP contribution in [0.25, 0.3) is 0 Å². The summed E-state index contributed by atoms with van der Waals surface area (Å²) >= 11 is 0. The monoisotopic (exact) mass is 392 g/mol. The third-order valence-electron chi connectivity index (χ3n) is 4.76. The van der Waals surface area contributed by atoms with Crippen LogP contribution in [0.1, 0.15) is 41.4 Å². The second kappa shape index (κ2) is 8.69. The molecule has 1 saturated heterocycles. The molecule has 3 rings (SSSR count). The van der Waals surface area contributed by atoms with Crippen LogP contribution in [0.5, 0.6) is 0 Å². The number of nitrogens with one attached hydrogen (secondary N) is 1. The summed E-state index contributed by atoms with van der Waals surface area (Å²) in [6, 6.07) is 9.22. The second-order valence-electron chi connectivity index (χ2n) is 6.50. The van der Waals surface area contributed by atoms with E-state index in [2.05, 4.69) is 14.4 Å². The Morgan fingerprint density at radius 1 is 1.19 bits per heavy atom. The number of nitrogens with zero attached hydrogens (tertiary/aromatic N) is 1. The quantitative estimate of drug-likeness (QED) is 0.729. The number of ether oxygens (including phenoxy) is 1. The van der Waals surface area contributed by atoms with Crippen molar-refractivity contribution in [2.24, 2.45) is 0 Å². The molecule has 0 unspecified atom stereocenters. The van der Waals surface area contributed by atoms with Gasteiger partial charge in [-0.05, 0) is 62.3 Å². The molecule has 1 N–H and O–H groups in total. The van der Waals surface area contributed by atoms with Crippen LogP contribution in [-0.2, 0) is 14.8 Å². The Kier molecular flexibility index (Phi) is 6.30. The first-order valence-corrected chi connectivity index (χ1v) is 10.4. The normalized spacial score (nSPS) is 16.8. The van der Waals surface area contributed by atoms with Crippen LogP contribution in [0, 0.1) is 0 Å². The van der Waals surface area contributed by atoms with Crippen molar-refractivity contribution in [2.45, 2.75) is 30.2 Å². The molecule has 0 radical (unpaired) electrons. The Balaban J connectivity index is 1.72. The number of methoxy groups -OCH3 is 1. The molecule has 1 fully saturated rings. The fourth-order valence-corrected chi connectivity index (χ4v) is 4.32. The van der Waals surface area contributed by atoms with Crippen LogP contribution in [0.15, 0.2) is 52.0 Å². The summed E-state index contributed by atoms with van der Waals surface area (Å²) in [5, 5.41) is 0. The zero-order valence-electron chi connectivity index (χ0n) is 15.3. The molecule has 146 valence electrons.